The lowest BCUT2D eigenvalue weighted by molar-refractivity contribution is -0.127. The molecule has 0 aliphatic rings. The molecule has 0 spiro atoms. The lowest BCUT2D eigenvalue weighted by atomic mass is 10.1. The fourth-order valence-corrected chi connectivity index (χ4v) is 2.17. The second kappa shape index (κ2) is 9.96. The van der Waals surface area contributed by atoms with Crippen molar-refractivity contribution in [2.24, 2.45) is 5.10 Å². The van der Waals surface area contributed by atoms with E-state index in [1.54, 1.807) is 20.1 Å². The van der Waals surface area contributed by atoms with Gasteiger partial charge in [0.05, 0.1) is 19.4 Å². The Morgan fingerprint density at radius 1 is 1.04 bits per heavy atom. The summed E-state index contributed by atoms with van der Waals surface area (Å²) in [6, 6.07) is 14.7. The summed E-state index contributed by atoms with van der Waals surface area (Å²) in [5.74, 6) is 0.537. The number of hydrogen-bond acceptors (Lipinski definition) is 5. The molecule has 142 valence electrons. The molecule has 0 bridgehead atoms. The first kappa shape index (κ1) is 20.0. The number of carbonyl (C=O) groups is 2. The van der Waals surface area contributed by atoms with Crippen LogP contribution >= 0.6 is 0 Å². The summed E-state index contributed by atoms with van der Waals surface area (Å²) in [5.41, 5.74) is 4.94. The highest BCUT2D eigenvalue weighted by atomic mass is 16.5. The van der Waals surface area contributed by atoms with Crippen molar-refractivity contribution in [1.82, 2.24) is 10.7 Å². The Hall–Kier alpha value is -3.35. The standard InChI is InChI=1S/C20H23N3O4/c1-14-5-4-6-18(11-14)27-13-20(25)21-12-19(24)23-22-15(2)16-7-9-17(26-3)10-8-16/h4-11H,12-13H2,1-3H3,(H,21,25)(H,23,24)/b22-15+. The summed E-state index contributed by atoms with van der Waals surface area (Å²) in [7, 11) is 1.59. The summed E-state index contributed by atoms with van der Waals surface area (Å²) >= 11 is 0. The van der Waals surface area contributed by atoms with E-state index in [9.17, 15) is 9.59 Å². The minimum atomic E-state index is -0.424. The molecule has 0 atom stereocenters. The van der Waals surface area contributed by atoms with Crippen molar-refractivity contribution in [1.29, 1.82) is 0 Å². The van der Waals surface area contributed by atoms with Crippen LogP contribution in [0.2, 0.25) is 0 Å². The van der Waals surface area contributed by atoms with E-state index in [0.29, 0.717) is 11.5 Å². The summed E-state index contributed by atoms with van der Waals surface area (Å²) in [6.07, 6.45) is 0. The fourth-order valence-electron chi connectivity index (χ4n) is 2.17. The van der Waals surface area contributed by atoms with E-state index < -0.39 is 5.91 Å². The average Bonchev–Trinajstić information content (AvgIpc) is 2.69. The highest BCUT2D eigenvalue weighted by Crippen LogP contribution is 2.12. The molecule has 0 saturated carbocycles. The number of carbonyl (C=O) groups excluding carboxylic acids is 2. The van der Waals surface area contributed by atoms with Gasteiger partial charge in [-0.05, 0) is 61.4 Å². The molecule has 2 N–H and O–H groups in total. The van der Waals surface area contributed by atoms with E-state index >= 15 is 0 Å². The van der Waals surface area contributed by atoms with E-state index in [-0.39, 0.29) is 19.1 Å². The normalized spacial score (nSPS) is 10.9. The molecule has 0 aliphatic heterocycles. The van der Waals surface area contributed by atoms with Crippen molar-refractivity contribution in [2.45, 2.75) is 13.8 Å². The molecule has 0 aromatic heterocycles. The lowest BCUT2D eigenvalue weighted by Crippen LogP contribution is -2.37. The first-order valence-corrected chi connectivity index (χ1v) is 8.41. The number of aryl methyl sites for hydroxylation is 1. The van der Waals surface area contributed by atoms with Crippen LogP contribution in [0.5, 0.6) is 11.5 Å². The third kappa shape index (κ3) is 6.81. The number of ether oxygens (including phenoxy) is 2. The number of nitrogens with one attached hydrogen (secondary N) is 2. The van der Waals surface area contributed by atoms with Gasteiger partial charge in [-0.1, -0.05) is 12.1 Å². The van der Waals surface area contributed by atoms with Crippen LogP contribution in [0.15, 0.2) is 53.6 Å². The van der Waals surface area contributed by atoms with E-state index in [2.05, 4.69) is 15.8 Å². The molecular weight excluding hydrogens is 346 g/mol. The van der Waals surface area contributed by atoms with Crippen molar-refractivity contribution in [3.63, 3.8) is 0 Å². The minimum Gasteiger partial charge on any atom is -0.497 e. The molecular formula is C20H23N3O4. The van der Waals surface area contributed by atoms with E-state index in [1.807, 2.05) is 49.4 Å². The summed E-state index contributed by atoms with van der Waals surface area (Å²) in [6.45, 7) is 3.36. The monoisotopic (exact) mass is 369 g/mol. The number of rotatable bonds is 8. The number of hydrogen-bond donors (Lipinski definition) is 2. The highest BCUT2D eigenvalue weighted by molar-refractivity contribution is 5.99. The summed E-state index contributed by atoms with van der Waals surface area (Å²) in [5, 5.41) is 6.51. The molecule has 7 heteroatoms. The topological polar surface area (TPSA) is 89.0 Å². The molecule has 7 nitrogen and oxygen atoms in total. The predicted octanol–water partition coefficient (Wildman–Crippen LogP) is 2.04. The Morgan fingerprint density at radius 2 is 1.78 bits per heavy atom. The van der Waals surface area contributed by atoms with E-state index in [1.165, 1.54) is 0 Å². The molecule has 0 unspecified atom stereocenters. The van der Waals surface area contributed by atoms with Gasteiger partial charge in [0.25, 0.3) is 11.8 Å². The maximum atomic E-state index is 11.8. The first-order valence-electron chi connectivity index (χ1n) is 8.41. The average molecular weight is 369 g/mol. The number of amides is 2. The van der Waals surface area contributed by atoms with Gasteiger partial charge in [-0.25, -0.2) is 5.43 Å². The molecule has 2 amide bonds. The van der Waals surface area contributed by atoms with Gasteiger partial charge in [0, 0.05) is 0 Å². The van der Waals surface area contributed by atoms with Crippen molar-refractivity contribution in [3.8, 4) is 11.5 Å². The van der Waals surface area contributed by atoms with Gasteiger partial charge in [0.15, 0.2) is 6.61 Å². The zero-order valence-electron chi connectivity index (χ0n) is 15.6. The molecule has 0 fully saturated rings. The van der Waals surface area contributed by atoms with Crippen molar-refractivity contribution in [2.75, 3.05) is 20.3 Å². The van der Waals surface area contributed by atoms with Gasteiger partial charge in [0.1, 0.15) is 11.5 Å². The fraction of sp³-hybridized carbons (Fsp3) is 0.250. The first-order chi connectivity index (χ1) is 13.0. The predicted molar refractivity (Wildman–Crippen MR) is 103 cm³/mol. The molecule has 0 aliphatic carbocycles. The second-order valence-corrected chi connectivity index (χ2v) is 5.84. The highest BCUT2D eigenvalue weighted by Gasteiger charge is 2.06. The van der Waals surface area contributed by atoms with Crippen LogP contribution < -0.4 is 20.2 Å². The van der Waals surface area contributed by atoms with Crippen LogP contribution in [-0.2, 0) is 9.59 Å². The van der Waals surface area contributed by atoms with Crippen LogP contribution in [0.1, 0.15) is 18.1 Å². The third-order valence-electron chi connectivity index (χ3n) is 3.66. The van der Waals surface area contributed by atoms with Crippen LogP contribution in [0.3, 0.4) is 0 Å². The van der Waals surface area contributed by atoms with Crippen LogP contribution in [0.4, 0.5) is 0 Å². The third-order valence-corrected chi connectivity index (χ3v) is 3.66. The Bertz CT molecular complexity index is 816. The summed E-state index contributed by atoms with van der Waals surface area (Å²) in [4.78, 5) is 23.6. The van der Waals surface area contributed by atoms with Gasteiger partial charge in [-0.15, -0.1) is 0 Å². The second-order valence-electron chi connectivity index (χ2n) is 5.84. The van der Waals surface area contributed by atoms with E-state index in [0.717, 1.165) is 16.9 Å². The maximum absolute atomic E-state index is 11.8. The Kier molecular flexibility index (Phi) is 7.37. The minimum absolute atomic E-state index is 0.162. The van der Waals surface area contributed by atoms with Crippen LogP contribution in [0, 0.1) is 6.92 Å². The largest absolute Gasteiger partial charge is 0.497 e. The SMILES string of the molecule is COc1ccc(/C(C)=N/NC(=O)CNC(=O)COc2cccc(C)c2)cc1. The molecule has 2 rings (SSSR count). The van der Waals surface area contributed by atoms with Gasteiger partial charge in [-0.3, -0.25) is 9.59 Å². The number of hydrazone groups is 1. The van der Waals surface area contributed by atoms with E-state index in [4.69, 9.17) is 9.47 Å². The Labute approximate surface area is 158 Å². The van der Waals surface area contributed by atoms with Crippen molar-refractivity contribution >= 4 is 17.5 Å². The molecule has 0 radical (unpaired) electrons. The number of methoxy groups -OCH3 is 1. The lowest BCUT2D eigenvalue weighted by Gasteiger charge is -2.08. The number of benzene rings is 2. The summed E-state index contributed by atoms with van der Waals surface area (Å²) < 4.78 is 10.5. The van der Waals surface area contributed by atoms with Gasteiger partial charge in [-0.2, -0.15) is 5.10 Å². The van der Waals surface area contributed by atoms with Gasteiger partial charge in [0.2, 0.25) is 0 Å². The molecule has 2 aromatic carbocycles. The molecule has 0 heterocycles. The number of nitrogens with zero attached hydrogens (tertiary/aromatic N) is 1. The van der Waals surface area contributed by atoms with Crippen LogP contribution in [0.25, 0.3) is 0 Å². The molecule has 27 heavy (non-hydrogen) atoms. The maximum Gasteiger partial charge on any atom is 0.259 e. The van der Waals surface area contributed by atoms with Crippen LogP contribution in [-0.4, -0.2) is 37.8 Å². The smallest absolute Gasteiger partial charge is 0.259 e. The zero-order valence-corrected chi connectivity index (χ0v) is 15.6. The molecule has 0 saturated heterocycles. The van der Waals surface area contributed by atoms with Gasteiger partial charge < -0.3 is 14.8 Å². The molecule has 2 aromatic rings. The van der Waals surface area contributed by atoms with Gasteiger partial charge >= 0.3 is 0 Å². The van der Waals surface area contributed by atoms with Crippen molar-refractivity contribution in [3.05, 3.63) is 59.7 Å². The van der Waals surface area contributed by atoms with Crippen molar-refractivity contribution < 1.29 is 19.1 Å². The zero-order chi connectivity index (χ0) is 19.6. The Balaban J connectivity index is 1.73. The Morgan fingerprint density at radius 3 is 2.44 bits per heavy atom. The quantitative estimate of drug-likeness (QED) is 0.550.